The summed E-state index contributed by atoms with van der Waals surface area (Å²) < 4.78 is 56.0. The van der Waals surface area contributed by atoms with Crippen molar-refractivity contribution in [1.82, 2.24) is 0 Å². The minimum absolute atomic E-state index is 0.0756. The lowest BCUT2D eigenvalue weighted by Crippen LogP contribution is -2.29. The number of hydrogen-bond donors (Lipinski definition) is 0. The van der Waals surface area contributed by atoms with E-state index in [2.05, 4.69) is 20.7 Å². The van der Waals surface area contributed by atoms with Crippen molar-refractivity contribution < 1.29 is 22.3 Å². The molecule has 0 N–H and O–H groups in total. The summed E-state index contributed by atoms with van der Waals surface area (Å²) in [7, 11) is 0. The van der Waals surface area contributed by atoms with Crippen LogP contribution in [0.1, 0.15) is 12.8 Å². The van der Waals surface area contributed by atoms with Gasteiger partial charge in [-0.2, -0.15) is 17.6 Å². The zero-order valence-electron chi connectivity index (χ0n) is 6.94. The van der Waals surface area contributed by atoms with Gasteiger partial charge >= 0.3 is 12.2 Å². The molecule has 80 valence electrons. The van der Waals surface area contributed by atoms with Gasteiger partial charge < -0.3 is 0 Å². The van der Waals surface area contributed by atoms with E-state index in [4.69, 9.17) is 0 Å². The van der Waals surface area contributed by atoms with E-state index in [9.17, 15) is 17.6 Å². The minimum Gasteiger partial charge on any atom is -0.255 e. The third-order valence-electron chi connectivity index (χ3n) is 2.63. The number of allylic oxidation sites excluding steroid dienone is 2. The van der Waals surface area contributed by atoms with E-state index >= 15 is 0 Å². The van der Waals surface area contributed by atoms with Crippen molar-refractivity contribution in [2.24, 2.45) is 11.8 Å². The average Bonchev–Trinajstić information content (AvgIpc) is 2.17. The predicted octanol–water partition coefficient (Wildman–Crippen LogP) is 3.51. The second kappa shape index (κ2) is 2.95. The first kappa shape index (κ1) is 10.4. The molecule has 2 aliphatic rings. The number of hydrogen-bond acceptors (Lipinski definition) is 1. The maximum absolute atomic E-state index is 13.0. The van der Waals surface area contributed by atoms with E-state index in [1.807, 2.05) is 0 Å². The summed E-state index contributed by atoms with van der Waals surface area (Å²) in [5, 5.41) is 0. The SMILES string of the molecule is FC1(F)OC(F)(F)C2CC(Br)=CCC21. The molecule has 0 aromatic rings. The number of halogens is 5. The van der Waals surface area contributed by atoms with Crippen molar-refractivity contribution in [2.75, 3.05) is 0 Å². The average molecular weight is 275 g/mol. The van der Waals surface area contributed by atoms with Crippen LogP contribution in [0.25, 0.3) is 0 Å². The molecule has 0 aromatic heterocycles. The van der Waals surface area contributed by atoms with Crippen molar-refractivity contribution in [1.29, 1.82) is 0 Å². The van der Waals surface area contributed by atoms with Gasteiger partial charge in [-0.15, -0.1) is 0 Å². The molecule has 1 fully saturated rings. The smallest absolute Gasteiger partial charge is 0.255 e. The fraction of sp³-hybridized carbons (Fsp3) is 0.750. The van der Waals surface area contributed by atoms with Crippen molar-refractivity contribution in [3.05, 3.63) is 10.6 Å². The van der Waals surface area contributed by atoms with E-state index in [1.54, 1.807) is 0 Å². The number of fused-ring (bicyclic) bond motifs is 1. The van der Waals surface area contributed by atoms with Crippen molar-refractivity contribution in [3.8, 4) is 0 Å². The van der Waals surface area contributed by atoms with Gasteiger partial charge in [0.1, 0.15) is 0 Å². The second-order valence-electron chi connectivity index (χ2n) is 3.53. The van der Waals surface area contributed by atoms with Gasteiger partial charge in [0.05, 0.1) is 11.8 Å². The fourth-order valence-corrected chi connectivity index (χ4v) is 2.45. The zero-order valence-corrected chi connectivity index (χ0v) is 8.53. The molecule has 2 atom stereocenters. The Balaban J connectivity index is 2.32. The van der Waals surface area contributed by atoms with Crippen molar-refractivity contribution in [2.45, 2.75) is 25.1 Å². The summed E-state index contributed by atoms with van der Waals surface area (Å²) >= 11 is 3.04. The summed E-state index contributed by atoms with van der Waals surface area (Å²) in [6.07, 6.45) is -6.10. The summed E-state index contributed by atoms with van der Waals surface area (Å²) in [6, 6.07) is 0. The second-order valence-corrected chi connectivity index (χ2v) is 4.55. The normalized spacial score (nSPS) is 39.1. The quantitative estimate of drug-likeness (QED) is 0.615. The Labute approximate surface area is 86.2 Å². The van der Waals surface area contributed by atoms with Crippen LogP contribution < -0.4 is 0 Å². The van der Waals surface area contributed by atoms with Gasteiger partial charge in [0.15, 0.2) is 0 Å². The van der Waals surface area contributed by atoms with Crippen LogP contribution in [-0.2, 0) is 4.74 Å². The molecule has 1 heterocycles. The predicted molar refractivity (Wildman–Crippen MR) is 44.2 cm³/mol. The van der Waals surface area contributed by atoms with Gasteiger partial charge in [-0.25, -0.2) is 0 Å². The van der Waals surface area contributed by atoms with E-state index in [-0.39, 0.29) is 12.8 Å². The lowest BCUT2D eigenvalue weighted by molar-refractivity contribution is -0.341. The van der Waals surface area contributed by atoms with E-state index in [0.29, 0.717) is 4.48 Å². The van der Waals surface area contributed by atoms with Crippen LogP contribution in [0, 0.1) is 11.8 Å². The Kier molecular flexibility index (Phi) is 2.19. The largest absolute Gasteiger partial charge is 0.363 e. The highest BCUT2D eigenvalue weighted by Gasteiger charge is 2.66. The van der Waals surface area contributed by atoms with Gasteiger partial charge in [-0.3, -0.25) is 4.74 Å². The van der Waals surface area contributed by atoms with Gasteiger partial charge in [-0.05, 0) is 17.3 Å². The molecule has 2 unspecified atom stereocenters. The highest BCUT2D eigenvalue weighted by atomic mass is 79.9. The molecule has 0 amide bonds. The van der Waals surface area contributed by atoms with Crippen LogP contribution in [0.3, 0.4) is 0 Å². The summed E-state index contributed by atoms with van der Waals surface area (Å²) in [4.78, 5) is 0. The molecule has 14 heavy (non-hydrogen) atoms. The van der Waals surface area contributed by atoms with Crippen LogP contribution in [0.5, 0.6) is 0 Å². The van der Waals surface area contributed by atoms with Crippen LogP contribution in [0.2, 0.25) is 0 Å². The first-order chi connectivity index (χ1) is 6.33. The molecule has 0 saturated carbocycles. The summed E-state index contributed by atoms with van der Waals surface area (Å²) in [5.41, 5.74) is 0. The third-order valence-corrected chi connectivity index (χ3v) is 3.28. The van der Waals surface area contributed by atoms with E-state index in [0.717, 1.165) is 0 Å². The molecule has 1 aliphatic carbocycles. The maximum atomic E-state index is 13.0. The van der Waals surface area contributed by atoms with Crippen molar-refractivity contribution in [3.63, 3.8) is 0 Å². The Bertz CT molecular complexity index is 289. The topological polar surface area (TPSA) is 9.23 Å². The molecule has 0 spiro atoms. The number of rotatable bonds is 0. The first-order valence-electron chi connectivity index (χ1n) is 4.13. The van der Waals surface area contributed by atoms with Crippen LogP contribution >= 0.6 is 15.9 Å². The number of ether oxygens (including phenoxy) is 1. The Morgan fingerprint density at radius 3 is 2.43 bits per heavy atom. The molecule has 0 aromatic carbocycles. The lowest BCUT2D eigenvalue weighted by Gasteiger charge is -2.24. The lowest BCUT2D eigenvalue weighted by atomic mass is 9.83. The Hall–Kier alpha value is -0.100. The third kappa shape index (κ3) is 1.48. The molecule has 2 rings (SSSR count). The van der Waals surface area contributed by atoms with Gasteiger partial charge in [0.2, 0.25) is 0 Å². The Morgan fingerprint density at radius 2 is 1.79 bits per heavy atom. The monoisotopic (exact) mass is 274 g/mol. The van der Waals surface area contributed by atoms with Crippen LogP contribution in [0.15, 0.2) is 10.6 Å². The molecule has 0 bridgehead atoms. The molecular weight excluding hydrogens is 268 g/mol. The molecule has 0 radical (unpaired) electrons. The van der Waals surface area contributed by atoms with Gasteiger partial charge in [0, 0.05) is 0 Å². The standard InChI is InChI=1S/C8H7BrF4O/c9-4-1-2-5-6(3-4)8(12,13)14-7(5,10)11/h1,5-6H,2-3H2. The van der Waals surface area contributed by atoms with E-state index in [1.165, 1.54) is 6.08 Å². The Morgan fingerprint density at radius 1 is 1.21 bits per heavy atom. The molecule has 1 saturated heterocycles. The highest BCUT2D eigenvalue weighted by Crippen LogP contribution is 2.56. The molecular formula is C8H7BrF4O. The van der Waals surface area contributed by atoms with Gasteiger partial charge in [-0.1, -0.05) is 22.0 Å². The zero-order chi connectivity index (χ0) is 10.6. The van der Waals surface area contributed by atoms with Crippen LogP contribution in [0.4, 0.5) is 17.6 Å². The molecule has 6 heteroatoms. The number of alkyl halides is 4. The van der Waals surface area contributed by atoms with E-state index < -0.39 is 24.1 Å². The molecule has 1 aliphatic heterocycles. The maximum Gasteiger partial charge on any atom is 0.363 e. The van der Waals surface area contributed by atoms with Crippen molar-refractivity contribution >= 4 is 15.9 Å². The van der Waals surface area contributed by atoms with Crippen LogP contribution in [-0.4, -0.2) is 12.2 Å². The summed E-state index contributed by atoms with van der Waals surface area (Å²) in [5.74, 6) is -2.82. The van der Waals surface area contributed by atoms with Gasteiger partial charge in [0.25, 0.3) is 0 Å². The minimum atomic E-state index is -3.72. The molecule has 1 nitrogen and oxygen atoms in total. The fourth-order valence-electron chi connectivity index (χ4n) is 1.91. The summed E-state index contributed by atoms with van der Waals surface area (Å²) in [6.45, 7) is 0. The highest BCUT2D eigenvalue weighted by molar-refractivity contribution is 9.11. The first-order valence-corrected chi connectivity index (χ1v) is 4.92.